The van der Waals surface area contributed by atoms with Gasteiger partial charge in [0.25, 0.3) is 0 Å². The van der Waals surface area contributed by atoms with E-state index in [9.17, 15) is 4.39 Å². The number of aromatic nitrogens is 2. The normalized spacial score (nSPS) is 11.0. The largest absolute Gasteiger partial charge is 0.396 e. The van der Waals surface area contributed by atoms with Gasteiger partial charge < -0.3 is 5.73 Å². The number of hydrogen-bond donors (Lipinski definition) is 1. The van der Waals surface area contributed by atoms with Gasteiger partial charge in [-0.15, -0.1) is 0 Å². The van der Waals surface area contributed by atoms with Gasteiger partial charge in [-0.3, -0.25) is 0 Å². The Balaban J connectivity index is 2.32. The van der Waals surface area contributed by atoms with Crippen LogP contribution in [0, 0.1) is 5.82 Å². The fourth-order valence-electron chi connectivity index (χ4n) is 1.79. The van der Waals surface area contributed by atoms with E-state index in [-0.39, 0.29) is 5.69 Å². The lowest BCUT2D eigenvalue weighted by molar-refractivity contribution is 0.315. The van der Waals surface area contributed by atoms with Gasteiger partial charge in [0.15, 0.2) is 0 Å². The van der Waals surface area contributed by atoms with Crippen molar-refractivity contribution in [3.8, 4) is 11.1 Å². The van der Waals surface area contributed by atoms with Crippen molar-refractivity contribution in [2.45, 2.75) is 0 Å². The molecule has 2 aromatic carbocycles. The molecule has 1 aromatic heterocycles. The molecule has 6 heteroatoms. The highest BCUT2D eigenvalue weighted by Gasteiger charge is 2.13. The van der Waals surface area contributed by atoms with Gasteiger partial charge >= 0.3 is 0 Å². The molecule has 0 aliphatic heterocycles. The molecule has 0 fully saturated rings. The lowest BCUT2D eigenvalue weighted by atomic mass is 10.0. The molecule has 3 rings (SSSR count). The van der Waals surface area contributed by atoms with Crippen molar-refractivity contribution < 1.29 is 9.02 Å². The number of anilines is 1. The third kappa shape index (κ3) is 1.60. The van der Waals surface area contributed by atoms with Gasteiger partial charge in [0.2, 0.25) is 0 Å². The van der Waals surface area contributed by atoms with Crippen LogP contribution in [0.1, 0.15) is 0 Å². The van der Waals surface area contributed by atoms with Crippen molar-refractivity contribution in [3.05, 3.63) is 41.2 Å². The molecule has 90 valence electrons. The summed E-state index contributed by atoms with van der Waals surface area (Å²) in [4.78, 5) is 0. The van der Waals surface area contributed by atoms with Crippen LogP contribution in [0.2, 0.25) is 5.02 Å². The molecule has 18 heavy (non-hydrogen) atoms. The number of hydrogen-bond acceptors (Lipinski definition) is 4. The number of nitrogens with two attached hydrogens (primary N) is 1. The summed E-state index contributed by atoms with van der Waals surface area (Å²) < 4.78 is 18.2. The highest BCUT2D eigenvalue weighted by Crippen LogP contribution is 2.34. The van der Waals surface area contributed by atoms with Crippen LogP contribution in [0.25, 0.3) is 22.2 Å². The minimum absolute atomic E-state index is 0.00852. The maximum absolute atomic E-state index is 13.5. The molecule has 3 aromatic rings. The number of halogens is 2. The van der Waals surface area contributed by atoms with E-state index in [1.165, 1.54) is 12.1 Å². The summed E-state index contributed by atoms with van der Waals surface area (Å²) in [5, 5.41) is 7.87. The molecule has 0 bridgehead atoms. The number of nitrogen functional groups attached to an aromatic ring is 1. The molecule has 0 saturated carbocycles. The highest BCUT2D eigenvalue weighted by atomic mass is 35.5. The fraction of sp³-hybridized carbons (Fsp3) is 0. The second kappa shape index (κ2) is 3.96. The number of nitrogens with zero attached hydrogens (tertiary/aromatic N) is 2. The van der Waals surface area contributed by atoms with Crippen molar-refractivity contribution >= 4 is 28.3 Å². The van der Waals surface area contributed by atoms with E-state index in [1.807, 2.05) is 0 Å². The monoisotopic (exact) mass is 263 g/mol. The van der Waals surface area contributed by atoms with Crippen LogP contribution in [-0.4, -0.2) is 10.3 Å². The first-order valence-electron chi connectivity index (χ1n) is 5.13. The third-order valence-corrected chi connectivity index (χ3v) is 2.98. The lowest BCUT2D eigenvalue weighted by Crippen LogP contribution is -1.92. The summed E-state index contributed by atoms with van der Waals surface area (Å²) >= 11 is 6.08. The average Bonchev–Trinajstić information content (AvgIpc) is 2.82. The van der Waals surface area contributed by atoms with Gasteiger partial charge in [-0.25, -0.2) is 9.02 Å². The van der Waals surface area contributed by atoms with Crippen molar-refractivity contribution in [2.24, 2.45) is 0 Å². The smallest absolute Gasteiger partial charge is 0.146 e. The van der Waals surface area contributed by atoms with Crippen molar-refractivity contribution in [1.29, 1.82) is 0 Å². The SMILES string of the molecule is Nc1cc(Cl)c(-c2cccc3nonc23)cc1F. The molecule has 0 aliphatic rings. The predicted molar refractivity (Wildman–Crippen MR) is 66.6 cm³/mol. The molecule has 0 atom stereocenters. The average molecular weight is 264 g/mol. The fourth-order valence-corrected chi connectivity index (χ4v) is 2.07. The van der Waals surface area contributed by atoms with E-state index in [2.05, 4.69) is 14.9 Å². The predicted octanol–water partition coefficient (Wildman–Crippen LogP) is 3.26. The zero-order chi connectivity index (χ0) is 12.7. The van der Waals surface area contributed by atoms with Gasteiger partial charge in [0, 0.05) is 11.1 Å². The Labute approximate surface area is 106 Å². The van der Waals surface area contributed by atoms with Crippen LogP contribution >= 0.6 is 11.6 Å². The van der Waals surface area contributed by atoms with Gasteiger partial charge in [0.1, 0.15) is 16.9 Å². The Morgan fingerprint density at radius 3 is 2.83 bits per heavy atom. The lowest BCUT2D eigenvalue weighted by Gasteiger charge is -2.06. The van der Waals surface area contributed by atoms with Crippen LogP contribution in [0.3, 0.4) is 0 Å². The molecule has 0 aliphatic carbocycles. The minimum Gasteiger partial charge on any atom is -0.396 e. The molecule has 0 spiro atoms. The second-order valence-electron chi connectivity index (χ2n) is 3.79. The molecule has 1 heterocycles. The number of rotatable bonds is 1. The zero-order valence-electron chi connectivity index (χ0n) is 9.02. The molecular weight excluding hydrogens is 257 g/mol. The van der Waals surface area contributed by atoms with E-state index < -0.39 is 5.82 Å². The quantitative estimate of drug-likeness (QED) is 0.685. The number of benzene rings is 2. The topological polar surface area (TPSA) is 64.9 Å². The Morgan fingerprint density at radius 2 is 2.00 bits per heavy atom. The van der Waals surface area contributed by atoms with Gasteiger partial charge in [0.05, 0.1) is 10.7 Å². The Hall–Kier alpha value is -2.14. The molecule has 0 unspecified atom stereocenters. The first-order valence-corrected chi connectivity index (χ1v) is 5.51. The van der Waals surface area contributed by atoms with Crippen LogP contribution in [0.4, 0.5) is 10.1 Å². The summed E-state index contributed by atoms with van der Waals surface area (Å²) in [6.07, 6.45) is 0. The molecule has 2 N–H and O–H groups in total. The summed E-state index contributed by atoms with van der Waals surface area (Å²) in [5.74, 6) is -0.525. The molecule has 0 radical (unpaired) electrons. The minimum atomic E-state index is -0.525. The molecule has 4 nitrogen and oxygen atoms in total. The maximum atomic E-state index is 13.5. The summed E-state index contributed by atoms with van der Waals surface area (Å²) in [5.41, 5.74) is 7.73. The number of fused-ring (bicyclic) bond motifs is 1. The zero-order valence-corrected chi connectivity index (χ0v) is 9.78. The van der Waals surface area contributed by atoms with Crippen molar-refractivity contribution in [1.82, 2.24) is 10.3 Å². The first-order chi connectivity index (χ1) is 8.66. The van der Waals surface area contributed by atoms with E-state index in [0.29, 0.717) is 27.2 Å². The maximum Gasteiger partial charge on any atom is 0.146 e. The van der Waals surface area contributed by atoms with Gasteiger partial charge in [-0.05, 0) is 28.5 Å². The summed E-state index contributed by atoms with van der Waals surface area (Å²) in [6.45, 7) is 0. The summed E-state index contributed by atoms with van der Waals surface area (Å²) in [6, 6.07) is 7.94. The van der Waals surface area contributed by atoms with E-state index in [4.69, 9.17) is 17.3 Å². The Morgan fingerprint density at radius 1 is 1.17 bits per heavy atom. The Kier molecular flexibility index (Phi) is 2.41. The molecule has 0 saturated heterocycles. The van der Waals surface area contributed by atoms with Crippen molar-refractivity contribution in [2.75, 3.05) is 5.73 Å². The van der Waals surface area contributed by atoms with E-state index >= 15 is 0 Å². The molecular formula is C12H7ClFN3O. The van der Waals surface area contributed by atoms with Crippen molar-refractivity contribution in [3.63, 3.8) is 0 Å². The van der Waals surface area contributed by atoms with Crippen LogP contribution in [0.15, 0.2) is 35.0 Å². The van der Waals surface area contributed by atoms with Gasteiger partial charge in [-0.2, -0.15) is 0 Å². The first kappa shape index (κ1) is 11.0. The van der Waals surface area contributed by atoms with Gasteiger partial charge in [-0.1, -0.05) is 23.7 Å². The van der Waals surface area contributed by atoms with Crippen LogP contribution in [-0.2, 0) is 0 Å². The van der Waals surface area contributed by atoms with Crippen LogP contribution < -0.4 is 5.73 Å². The second-order valence-corrected chi connectivity index (χ2v) is 4.20. The standard InChI is InChI=1S/C12H7ClFN3O/c13-8-5-10(15)9(14)4-7(8)6-2-1-3-11-12(6)17-18-16-11/h1-5H,15H2. The summed E-state index contributed by atoms with van der Waals surface area (Å²) in [7, 11) is 0. The highest BCUT2D eigenvalue weighted by molar-refractivity contribution is 6.34. The van der Waals surface area contributed by atoms with Crippen LogP contribution in [0.5, 0.6) is 0 Å². The molecule has 0 amide bonds. The van der Waals surface area contributed by atoms with E-state index in [1.54, 1.807) is 18.2 Å². The Bertz CT molecular complexity index is 741. The third-order valence-electron chi connectivity index (χ3n) is 2.66. The van der Waals surface area contributed by atoms with E-state index in [0.717, 1.165) is 0 Å².